The molecule has 0 saturated carbocycles. The molecule has 0 aliphatic heterocycles. The van der Waals surface area contributed by atoms with Crippen LogP contribution in [0.3, 0.4) is 0 Å². The molecule has 3 N–H and O–H groups in total. The Labute approximate surface area is 158 Å². The summed E-state index contributed by atoms with van der Waals surface area (Å²) in [5, 5.41) is 11.1. The summed E-state index contributed by atoms with van der Waals surface area (Å²) in [5.41, 5.74) is 2.39. The molecule has 2 aromatic heterocycles. The Balaban J connectivity index is 1.76. The van der Waals surface area contributed by atoms with Crippen LogP contribution in [0.1, 0.15) is 0 Å². The molecule has 0 fully saturated rings. The van der Waals surface area contributed by atoms with Crippen molar-refractivity contribution < 1.29 is 12.8 Å². The maximum Gasteiger partial charge on any atom is 0.238 e. The predicted molar refractivity (Wildman–Crippen MR) is 104 cm³/mol. The smallest absolute Gasteiger partial charge is 0.238 e. The lowest BCUT2D eigenvalue weighted by atomic mass is 10.1. The third-order valence-electron chi connectivity index (χ3n) is 3.97. The SMILES string of the molecule is NS(=O)(=O)c1ccc(Nc2ncnc3scc(-c4ccc(F)cc4)c23)cc1. The number of hydrogen-bond acceptors (Lipinski definition) is 6. The van der Waals surface area contributed by atoms with E-state index in [9.17, 15) is 12.8 Å². The van der Waals surface area contributed by atoms with Crippen LogP contribution < -0.4 is 10.5 Å². The van der Waals surface area contributed by atoms with Crippen molar-refractivity contribution >= 4 is 43.1 Å². The third-order valence-corrected chi connectivity index (χ3v) is 5.79. The zero-order valence-electron chi connectivity index (χ0n) is 13.8. The topological polar surface area (TPSA) is 98.0 Å². The number of nitrogens with one attached hydrogen (secondary N) is 1. The van der Waals surface area contributed by atoms with E-state index in [1.807, 2.05) is 5.38 Å². The standard InChI is InChI=1S/C18H13FN4O2S2/c19-12-3-1-11(2-4-12)15-9-26-18-16(15)17(21-10-22-18)23-13-5-7-14(8-6-13)27(20,24)25/h1-10H,(H2,20,24,25)(H,21,22,23). The first-order valence-electron chi connectivity index (χ1n) is 7.80. The summed E-state index contributed by atoms with van der Waals surface area (Å²) < 4.78 is 36.0. The summed E-state index contributed by atoms with van der Waals surface area (Å²) in [6.07, 6.45) is 1.45. The van der Waals surface area contributed by atoms with E-state index in [0.717, 1.165) is 21.3 Å². The highest BCUT2D eigenvalue weighted by atomic mass is 32.2. The molecule has 4 rings (SSSR count). The second-order valence-electron chi connectivity index (χ2n) is 5.75. The molecule has 0 amide bonds. The number of rotatable bonds is 4. The molecule has 0 bridgehead atoms. The summed E-state index contributed by atoms with van der Waals surface area (Å²) in [4.78, 5) is 9.42. The number of halogens is 1. The lowest BCUT2D eigenvalue weighted by molar-refractivity contribution is 0.598. The molecule has 136 valence electrons. The zero-order valence-corrected chi connectivity index (χ0v) is 15.4. The van der Waals surface area contributed by atoms with Gasteiger partial charge in [0.2, 0.25) is 10.0 Å². The van der Waals surface area contributed by atoms with Crippen LogP contribution in [-0.4, -0.2) is 18.4 Å². The van der Waals surface area contributed by atoms with Crippen LogP contribution in [0.5, 0.6) is 0 Å². The molecular weight excluding hydrogens is 387 g/mol. The lowest BCUT2D eigenvalue weighted by Gasteiger charge is -2.09. The average Bonchev–Trinajstić information content (AvgIpc) is 3.07. The summed E-state index contributed by atoms with van der Waals surface area (Å²) >= 11 is 1.46. The van der Waals surface area contributed by atoms with Crippen molar-refractivity contribution in [3.8, 4) is 11.1 Å². The molecule has 0 unspecified atom stereocenters. The van der Waals surface area contributed by atoms with Crippen LogP contribution in [-0.2, 0) is 10.0 Å². The highest BCUT2D eigenvalue weighted by Gasteiger charge is 2.14. The number of primary sulfonamides is 1. The molecule has 6 nitrogen and oxygen atoms in total. The van der Waals surface area contributed by atoms with Crippen molar-refractivity contribution in [1.29, 1.82) is 0 Å². The monoisotopic (exact) mass is 400 g/mol. The lowest BCUT2D eigenvalue weighted by Crippen LogP contribution is -2.11. The van der Waals surface area contributed by atoms with Crippen molar-refractivity contribution in [3.63, 3.8) is 0 Å². The number of benzene rings is 2. The van der Waals surface area contributed by atoms with Gasteiger partial charge in [0.25, 0.3) is 0 Å². The van der Waals surface area contributed by atoms with Gasteiger partial charge in [-0.3, -0.25) is 0 Å². The van der Waals surface area contributed by atoms with E-state index in [2.05, 4.69) is 15.3 Å². The van der Waals surface area contributed by atoms with Crippen molar-refractivity contribution in [2.45, 2.75) is 4.90 Å². The van der Waals surface area contributed by atoms with E-state index >= 15 is 0 Å². The van der Waals surface area contributed by atoms with Crippen LogP contribution in [0.2, 0.25) is 0 Å². The number of hydrogen-bond donors (Lipinski definition) is 2. The van der Waals surface area contributed by atoms with Gasteiger partial charge in [-0.2, -0.15) is 0 Å². The molecule has 0 radical (unpaired) electrons. The van der Waals surface area contributed by atoms with Gasteiger partial charge in [-0.15, -0.1) is 11.3 Å². The number of aromatic nitrogens is 2. The number of thiophene rings is 1. The number of sulfonamides is 1. The van der Waals surface area contributed by atoms with Crippen LogP contribution >= 0.6 is 11.3 Å². The summed E-state index contributed by atoms with van der Waals surface area (Å²) in [6.45, 7) is 0. The first-order chi connectivity index (χ1) is 12.9. The molecule has 0 aliphatic carbocycles. The normalized spacial score (nSPS) is 11.6. The number of nitrogens with zero attached hydrogens (tertiary/aromatic N) is 2. The quantitative estimate of drug-likeness (QED) is 0.542. The van der Waals surface area contributed by atoms with Gasteiger partial charge in [-0.1, -0.05) is 12.1 Å². The fourth-order valence-electron chi connectivity index (χ4n) is 2.68. The van der Waals surface area contributed by atoms with Crippen LogP contribution in [0, 0.1) is 5.82 Å². The molecule has 9 heteroatoms. The molecular formula is C18H13FN4O2S2. The summed E-state index contributed by atoms with van der Waals surface area (Å²) in [7, 11) is -3.75. The van der Waals surface area contributed by atoms with E-state index in [-0.39, 0.29) is 10.7 Å². The first-order valence-corrected chi connectivity index (χ1v) is 10.2. The Hall–Kier alpha value is -2.88. The van der Waals surface area contributed by atoms with Crippen molar-refractivity contribution in [3.05, 3.63) is 66.1 Å². The minimum Gasteiger partial charge on any atom is -0.340 e. The van der Waals surface area contributed by atoms with E-state index in [4.69, 9.17) is 5.14 Å². The van der Waals surface area contributed by atoms with Gasteiger partial charge in [0.05, 0.1) is 10.3 Å². The largest absolute Gasteiger partial charge is 0.340 e. The molecule has 2 aromatic carbocycles. The summed E-state index contributed by atoms with van der Waals surface area (Å²) in [5.74, 6) is 0.270. The van der Waals surface area contributed by atoms with Crippen LogP contribution in [0.15, 0.2) is 65.1 Å². The van der Waals surface area contributed by atoms with E-state index in [0.29, 0.717) is 11.5 Å². The predicted octanol–water partition coefficient (Wildman–Crippen LogP) is 3.89. The van der Waals surface area contributed by atoms with Crippen LogP contribution in [0.4, 0.5) is 15.9 Å². The molecule has 0 saturated heterocycles. The van der Waals surface area contributed by atoms with Gasteiger partial charge in [0, 0.05) is 16.6 Å². The molecule has 27 heavy (non-hydrogen) atoms. The van der Waals surface area contributed by atoms with Crippen molar-refractivity contribution in [2.75, 3.05) is 5.32 Å². The second-order valence-corrected chi connectivity index (χ2v) is 8.17. The van der Waals surface area contributed by atoms with E-state index < -0.39 is 10.0 Å². The Morgan fingerprint density at radius 1 is 1.00 bits per heavy atom. The highest BCUT2D eigenvalue weighted by molar-refractivity contribution is 7.89. The molecule has 0 aliphatic rings. The fourth-order valence-corrected chi connectivity index (χ4v) is 4.11. The second kappa shape index (κ2) is 6.69. The average molecular weight is 400 g/mol. The molecule has 0 spiro atoms. The number of anilines is 2. The van der Waals surface area contributed by atoms with Gasteiger partial charge in [-0.25, -0.2) is 27.9 Å². The highest BCUT2D eigenvalue weighted by Crippen LogP contribution is 2.37. The van der Waals surface area contributed by atoms with E-state index in [1.54, 1.807) is 24.3 Å². The minimum atomic E-state index is -3.75. The van der Waals surface area contributed by atoms with E-state index in [1.165, 1.54) is 41.9 Å². The fraction of sp³-hybridized carbons (Fsp3) is 0. The maximum absolute atomic E-state index is 13.2. The van der Waals surface area contributed by atoms with Gasteiger partial charge >= 0.3 is 0 Å². The van der Waals surface area contributed by atoms with Crippen LogP contribution in [0.25, 0.3) is 21.3 Å². The minimum absolute atomic E-state index is 0.0309. The van der Waals surface area contributed by atoms with Gasteiger partial charge in [0.15, 0.2) is 0 Å². The maximum atomic E-state index is 13.2. The Bertz CT molecular complexity index is 1220. The number of nitrogens with two attached hydrogens (primary N) is 1. The van der Waals surface area contributed by atoms with Gasteiger partial charge < -0.3 is 5.32 Å². The molecule has 0 atom stereocenters. The van der Waals surface area contributed by atoms with Crippen molar-refractivity contribution in [1.82, 2.24) is 9.97 Å². The Kier molecular flexibility index (Phi) is 4.34. The molecule has 4 aromatic rings. The number of fused-ring (bicyclic) bond motifs is 1. The van der Waals surface area contributed by atoms with Gasteiger partial charge in [-0.05, 0) is 42.0 Å². The zero-order chi connectivity index (χ0) is 19.0. The first kappa shape index (κ1) is 17.5. The Morgan fingerprint density at radius 2 is 1.70 bits per heavy atom. The van der Waals surface area contributed by atoms with Crippen molar-refractivity contribution in [2.24, 2.45) is 5.14 Å². The summed E-state index contributed by atoms with van der Waals surface area (Å²) in [6, 6.07) is 12.3. The Morgan fingerprint density at radius 3 is 2.37 bits per heavy atom. The third kappa shape index (κ3) is 3.52. The molecule has 2 heterocycles. The van der Waals surface area contributed by atoms with Gasteiger partial charge in [0.1, 0.15) is 22.8 Å².